The molecule has 0 saturated carbocycles. The van der Waals surface area contributed by atoms with E-state index in [4.69, 9.17) is 0 Å². The highest BCUT2D eigenvalue weighted by atomic mass is 16.2. The van der Waals surface area contributed by atoms with Crippen molar-refractivity contribution in [1.82, 2.24) is 29.5 Å². The zero-order valence-electron chi connectivity index (χ0n) is 17.3. The molecule has 7 nitrogen and oxygen atoms in total. The normalized spacial score (nSPS) is 20.0. The van der Waals surface area contributed by atoms with Gasteiger partial charge in [0, 0.05) is 32.4 Å². The summed E-state index contributed by atoms with van der Waals surface area (Å²) in [5.41, 5.74) is 3.97. The number of aromatic amines is 1. The van der Waals surface area contributed by atoms with E-state index in [9.17, 15) is 4.79 Å². The SMILES string of the molecule is Cc1cc(C(=O)N2CCC(C3CCN(Cc4nc[nH]c4C)CC3)CC2)n(C)n1. The number of imidazole rings is 1. The Bertz CT molecular complexity index is 809. The van der Waals surface area contributed by atoms with Crippen LogP contribution in [-0.4, -0.2) is 61.6 Å². The molecule has 0 aromatic carbocycles. The number of carbonyl (C=O) groups excluding carboxylic acids is 1. The minimum absolute atomic E-state index is 0.130. The Morgan fingerprint density at radius 1 is 1.11 bits per heavy atom. The number of aromatic nitrogens is 4. The Morgan fingerprint density at radius 2 is 1.75 bits per heavy atom. The Balaban J connectivity index is 1.25. The predicted octanol–water partition coefficient (Wildman–Crippen LogP) is 2.52. The lowest BCUT2D eigenvalue weighted by atomic mass is 9.78. The van der Waals surface area contributed by atoms with Crippen LogP contribution in [0.5, 0.6) is 0 Å². The van der Waals surface area contributed by atoms with Crippen molar-refractivity contribution in [2.45, 2.75) is 46.1 Å². The molecular weight excluding hydrogens is 352 g/mol. The van der Waals surface area contributed by atoms with Crippen molar-refractivity contribution in [3.8, 4) is 0 Å². The number of aryl methyl sites for hydroxylation is 3. The summed E-state index contributed by atoms with van der Waals surface area (Å²) in [7, 11) is 1.85. The molecular formula is C21H32N6O. The van der Waals surface area contributed by atoms with Gasteiger partial charge in [0.25, 0.3) is 5.91 Å². The van der Waals surface area contributed by atoms with Gasteiger partial charge in [-0.2, -0.15) is 5.10 Å². The number of hydrogen-bond donors (Lipinski definition) is 1. The Morgan fingerprint density at radius 3 is 2.29 bits per heavy atom. The largest absolute Gasteiger partial charge is 0.348 e. The third-order valence-electron chi connectivity index (χ3n) is 6.65. The molecule has 7 heteroatoms. The second kappa shape index (κ2) is 8.07. The van der Waals surface area contributed by atoms with Crippen LogP contribution in [0.25, 0.3) is 0 Å². The minimum atomic E-state index is 0.130. The first kappa shape index (κ1) is 19.2. The number of piperidine rings is 2. The Labute approximate surface area is 167 Å². The average Bonchev–Trinajstić information content (AvgIpc) is 3.26. The molecule has 2 saturated heterocycles. The van der Waals surface area contributed by atoms with Crippen molar-refractivity contribution in [2.75, 3.05) is 26.2 Å². The molecule has 2 aromatic rings. The van der Waals surface area contributed by atoms with Gasteiger partial charge < -0.3 is 9.88 Å². The monoisotopic (exact) mass is 384 g/mol. The number of nitrogens with zero attached hydrogens (tertiary/aromatic N) is 5. The van der Waals surface area contributed by atoms with E-state index in [2.05, 4.69) is 26.9 Å². The third-order valence-corrected chi connectivity index (χ3v) is 6.65. The Hall–Kier alpha value is -2.15. The highest BCUT2D eigenvalue weighted by Crippen LogP contribution is 2.33. The lowest BCUT2D eigenvalue weighted by Crippen LogP contribution is -2.43. The molecule has 28 heavy (non-hydrogen) atoms. The number of likely N-dealkylation sites (tertiary alicyclic amines) is 2. The molecule has 1 amide bonds. The first-order valence-corrected chi connectivity index (χ1v) is 10.5. The van der Waals surface area contributed by atoms with Gasteiger partial charge in [0.1, 0.15) is 5.69 Å². The summed E-state index contributed by atoms with van der Waals surface area (Å²) in [5, 5.41) is 4.31. The van der Waals surface area contributed by atoms with Gasteiger partial charge in [-0.3, -0.25) is 14.4 Å². The van der Waals surface area contributed by atoms with E-state index in [0.717, 1.165) is 63.1 Å². The fourth-order valence-electron chi connectivity index (χ4n) is 4.89. The van der Waals surface area contributed by atoms with Gasteiger partial charge in [-0.25, -0.2) is 4.98 Å². The molecule has 4 heterocycles. The van der Waals surface area contributed by atoms with Gasteiger partial charge in [0.15, 0.2) is 0 Å². The zero-order valence-corrected chi connectivity index (χ0v) is 17.3. The summed E-state index contributed by atoms with van der Waals surface area (Å²) in [6.07, 6.45) is 6.59. The van der Waals surface area contributed by atoms with Crippen LogP contribution in [0, 0.1) is 25.7 Å². The van der Waals surface area contributed by atoms with E-state index in [1.165, 1.54) is 24.2 Å². The van der Waals surface area contributed by atoms with Gasteiger partial charge >= 0.3 is 0 Å². The molecule has 0 aliphatic carbocycles. The van der Waals surface area contributed by atoms with Crippen molar-refractivity contribution in [3.05, 3.63) is 35.2 Å². The molecule has 0 radical (unpaired) electrons. The predicted molar refractivity (Wildman–Crippen MR) is 108 cm³/mol. The molecule has 0 spiro atoms. The standard InChI is InChI=1S/C21H32N6O/c1-15-12-20(25(3)24-15)21(28)27-10-6-18(7-11-27)17-4-8-26(9-5-17)13-19-16(2)22-14-23-19/h12,14,17-18H,4-11,13H2,1-3H3,(H,22,23). The highest BCUT2D eigenvalue weighted by Gasteiger charge is 2.32. The maximum absolute atomic E-state index is 12.8. The van der Waals surface area contributed by atoms with E-state index < -0.39 is 0 Å². The summed E-state index contributed by atoms with van der Waals surface area (Å²) < 4.78 is 1.71. The van der Waals surface area contributed by atoms with Crippen LogP contribution in [-0.2, 0) is 13.6 Å². The van der Waals surface area contributed by atoms with Crippen LogP contribution < -0.4 is 0 Å². The molecule has 0 atom stereocenters. The summed E-state index contributed by atoms with van der Waals surface area (Å²) >= 11 is 0. The summed E-state index contributed by atoms with van der Waals surface area (Å²) in [5.74, 6) is 1.69. The van der Waals surface area contributed by atoms with Crippen LogP contribution in [0.4, 0.5) is 0 Å². The van der Waals surface area contributed by atoms with Gasteiger partial charge in [0.05, 0.1) is 17.7 Å². The number of rotatable bonds is 4. The van der Waals surface area contributed by atoms with Crippen LogP contribution >= 0.6 is 0 Å². The van der Waals surface area contributed by atoms with E-state index in [1.54, 1.807) is 11.0 Å². The summed E-state index contributed by atoms with van der Waals surface area (Å²) in [6.45, 7) is 9.05. The van der Waals surface area contributed by atoms with E-state index >= 15 is 0 Å². The number of amides is 1. The lowest BCUT2D eigenvalue weighted by molar-refractivity contribution is 0.0588. The molecule has 0 unspecified atom stereocenters. The molecule has 4 rings (SSSR count). The molecule has 1 N–H and O–H groups in total. The van der Waals surface area contributed by atoms with Gasteiger partial charge in [0.2, 0.25) is 0 Å². The third kappa shape index (κ3) is 3.99. The van der Waals surface area contributed by atoms with Gasteiger partial charge in [-0.05, 0) is 70.5 Å². The van der Waals surface area contributed by atoms with Gasteiger partial charge in [-0.1, -0.05) is 0 Å². The smallest absolute Gasteiger partial charge is 0.272 e. The quantitative estimate of drug-likeness (QED) is 0.879. The molecule has 2 aliphatic heterocycles. The fraction of sp³-hybridized carbons (Fsp3) is 0.667. The number of H-pyrrole nitrogens is 1. The van der Waals surface area contributed by atoms with E-state index in [0.29, 0.717) is 5.69 Å². The van der Waals surface area contributed by atoms with Crippen LogP contribution in [0.2, 0.25) is 0 Å². The van der Waals surface area contributed by atoms with E-state index in [1.807, 2.05) is 24.9 Å². The Kier molecular flexibility index (Phi) is 5.53. The van der Waals surface area contributed by atoms with Crippen molar-refractivity contribution in [3.63, 3.8) is 0 Å². The van der Waals surface area contributed by atoms with Crippen LogP contribution in [0.3, 0.4) is 0 Å². The topological polar surface area (TPSA) is 70.1 Å². The molecule has 2 aromatic heterocycles. The van der Waals surface area contributed by atoms with Crippen molar-refractivity contribution < 1.29 is 4.79 Å². The molecule has 0 bridgehead atoms. The molecule has 2 fully saturated rings. The van der Waals surface area contributed by atoms with Crippen molar-refractivity contribution >= 4 is 5.91 Å². The maximum atomic E-state index is 12.8. The second-order valence-corrected chi connectivity index (χ2v) is 8.51. The summed E-state index contributed by atoms with van der Waals surface area (Å²) in [4.78, 5) is 24.9. The maximum Gasteiger partial charge on any atom is 0.272 e. The molecule has 2 aliphatic rings. The van der Waals surface area contributed by atoms with Crippen LogP contribution in [0.1, 0.15) is 53.3 Å². The zero-order chi connectivity index (χ0) is 19.7. The first-order chi connectivity index (χ1) is 13.5. The fourth-order valence-corrected chi connectivity index (χ4v) is 4.89. The average molecular weight is 385 g/mol. The highest BCUT2D eigenvalue weighted by molar-refractivity contribution is 5.92. The lowest BCUT2D eigenvalue weighted by Gasteiger charge is -2.40. The van der Waals surface area contributed by atoms with Gasteiger partial charge in [-0.15, -0.1) is 0 Å². The second-order valence-electron chi connectivity index (χ2n) is 8.51. The van der Waals surface area contributed by atoms with Crippen LogP contribution in [0.15, 0.2) is 12.4 Å². The number of nitrogens with one attached hydrogen (secondary N) is 1. The molecule has 152 valence electrons. The summed E-state index contributed by atoms with van der Waals surface area (Å²) in [6, 6.07) is 1.89. The minimum Gasteiger partial charge on any atom is -0.348 e. The first-order valence-electron chi connectivity index (χ1n) is 10.5. The number of hydrogen-bond acceptors (Lipinski definition) is 4. The van der Waals surface area contributed by atoms with Crippen molar-refractivity contribution in [2.24, 2.45) is 18.9 Å². The van der Waals surface area contributed by atoms with Crippen molar-refractivity contribution in [1.29, 1.82) is 0 Å². The van der Waals surface area contributed by atoms with E-state index in [-0.39, 0.29) is 5.91 Å². The number of carbonyl (C=O) groups is 1.